The molecule has 24 heavy (non-hydrogen) atoms. The summed E-state index contributed by atoms with van der Waals surface area (Å²) in [4.78, 5) is 0. The van der Waals surface area contributed by atoms with Crippen LogP contribution in [0.5, 0.6) is 0 Å². The summed E-state index contributed by atoms with van der Waals surface area (Å²) >= 11 is 0. The van der Waals surface area contributed by atoms with Gasteiger partial charge in [-0.3, -0.25) is 0 Å². The maximum atomic E-state index is 2.34. The maximum absolute atomic E-state index is 2.34. The Kier molecular flexibility index (Phi) is 6.96. The molecule has 0 amide bonds. The van der Waals surface area contributed by atoms with Crippen LogP contribution in [0.15, 0.2) is 60.7 Å². The Hall–Kier alpha value is -1.56. The van der Waals surface area contributed by atoms with Gasteiger partial charge in [0.15, 0.2) is 0 Å². The van der Waals surface area contributed by atoms with Gasteiger partial charge < -0.3 is 0 Å². The number of hydrogen-bond acceptors (Lipinski definition) is 0. The minimum atomic E-state index is 0.747. The highest BCUT2D eigenvalue weighted by Crippen LogP contribution is 2.35. The van der Waals surface area contributed by atoms with Crippen LogP contribution in [0.1, 0.15) is 87.2 Å². The van der Waals surface area contributed by atoms with Gasteiger partial charge in [-0.2, -0.15) is 0 Å². The average Bonchev–Trinajstić information content (AvgIpc) is 2.64. The van der Waals surface area contributed by atoms with E-state index in [1.807, 2.05) is 0 Å². The largest absolute Gasteiger partial charge is 0.0622 e. The van der Waals surface area contributed by atoms with Crippen LogP contribution in [0.3, 0.4) is 0 Å². The van der Waals surface area contributed by atoms with Crippen molar-refractivity contribution in [3.8, 4) is 0 Å². The molecule has 0 heterocycles. The monoisotopic (exact) mass is 320 g/mol. The molecule has 2 aromatic carbocycles. The highest BCUT2D eigenvalue weighted by molar-refractivity contribution is 5.21. The van der Waals surface area contributed by atoms with Crippen molar-refractivity contribution < 1.29 is 0 Å². The normalized spacial score (nSPS) is 23.8. The highest BCUT2D eigenvalue weighted by atomic mass is 14.2. The molecular weight excluding hydrogens is 288 g/mol. The molecule has 1 aliphatic carbocycles. The molecule has 128 valence electrons. The minimum Gasteiger partial charge on any atom is -0.0622 e. The second kappa shape index (κ2) is 9.67. The fraction of sp³-hybridized carbons (Fsp3) is 0.500. The lowest BCUT2D eigenvalue weighted by Gasteiger charge is -2.23. The van der Waals surface area contributed by atoms with E-state index in [2.05, 4.69) is 60.7 Å². The molecule has 0 aromatic heterocycles. The highest BCUT2D eigenvalue weighted by Gasteiger charge is 2.17. The van der Waals surface area contributed by atoms with E-state index in [0.29, 0.717) is 0 Å². The van der Waals surface area contributed by atoms with E-state index in [1.54, 1.807) is 11.1 Å². The van der Waals surface area contributed by atoms with Crippen molar-refractivity contribution in [2.75, 3.05) is 0 Å². The lowest BCUT2D eigenvalue weighted by atomic mass is 9.82. The van der Waals surface area contributed by atoms with Gasteiger partial charge in [-0.05, 0) is 48.6 Å². The van der Waals surface area contributed by atoms with Crippen molar-refractivity contribution in [1.82, 2.24) is 0 Å². The fourth-order valence-corrected chi connectivity index (χ4v) is 4.30. The van der Waals surface area contributed by atoms with Gasteiger partial charge in [0.1, 0.15) is 0 Å². The topological polar surface area (TPSA) is 0 Å². The zero-order chi connectivity index (χ0) is 16.5. The fourth-order valence-electron chi connectivity index (χ4n) is 4.30. The summed E-state index contributed by atoms with van der Waals surface area (Å²) in [5.41, 5.74) is 3.11. The standard InChI is InChI=1S/C24H32/c1-2-4-8-18-24(22-15-11-6-12-16-22)20-19-23(17-7-3-1)21-13-9-5-10-14-21/h5-6,9-16,23-24H,1-4,7-8,17-20H2. The number of hydrogen-bond donors (Lipinski definition) is 0. The molecule has 0 nitrogen and oxygen atoms in total. The Balaban J connectivity index is 1.72. The first kappa shape index (κ1) is 17.3. The van der Waals surface area contributed by atoms with Crippen LogP contribution in [0.2, 0.25) is 0 Å². The molecule has 1 aliphatic rings. The van der Waals surface area contributed by atoms with Crippen LogP contribution >= 0.6 is 0 Å². The minimum absolute atomic E-state index is 0.747. The Morgan fingerprint density at radius 3 is 1.21 bits per heavy atom. The molecule has 0 bridgehead atoms. The molecule has 0 heteroatoms. The summed E-state index contributed by atoms with van der Waals surface area (Å²) in [6, 6.07) is 22.5. The second-order valence-corrected chi connectivity index (χ2v) is 7.49. The molecule has 0 saturated heterocycles. The van der Waals surface area contributed by atoms with Crippen molar-refractivity contribution in [3.05, 3.63) is 71.8 Å². The molecule has 3 rings (SSSR count). The Labute approximate surface area is 148 Å². The second-order valence-electron chi connectivity index (χ2n) is 7.49. The van der Waals surface area contributed by atoms with Gasteiger partial charge in [0, 0.05) is 0 Å². The summed E-state index contributed by atoms with van der Waals surface area (Å²) in [6.45, 7) is 0. The average molecular weight is 321 g/mol. The van der Waals surface area contributed by atoms with E-state index < -0.39 is 0 Å². The lowest BCUT2D eigenvalue weighted by molar-refractivity contribution is 0.437. The summed E-state index contributed by atoms with van der Waals surface area (Å²) in [7, 11) is 0. The first-order chi connectivity index (χ1) is 11.9. The van der Waals surface area contributed by atoms with Crippen molar-refractivity contribution >= 4 is 0 Å². The summed E-state index contributed by atoms with van der Waals surface area (Å²) in [5, 5.41) is 0. The zero-order valence-corrected chi connectivity index (χ0v) is 15.0. The van der Waals surface area contributed by atoms with Crippen molar-refractivity contribution in [2.24, 2.45) is 0 Å². The van der Waals surface area contributed by atoms with Crippen LogP contribution in [0.4, 0.5) is 0 Å². The summed E-state index contributed by atoms with van der Waals surface area (Å²) in [6.07, 6.45) is 13.9. The van der Waals surface area contributed by atoms with Gasteiger partial charge in [-0.1, -0.05) is 99.2 Å². The zero-order valence-electron chi connectivity index (χ0n) is 15.0. The predicted molar refractivity (Wildman–Crippen MR) is 105 cm³/mol. The van der Waals surface area contributed by atoms with Gasteiger partial charge >= 0.3 is 0 Å². The first-order valence-corrected chi connectivity index (χ1v) is 10.0. The van der Waals surface area contributed by atoms with E-state index >= 15 is 0 Å². The van der Waals surface area contributed by atoms with Crippen molar-refractivity contribution in [1.29, 1.82) is 0 Å². The molecule has 0 aliphatic heterocycles. The van der Waals surface area contributed by atoms with Gasteiger partial charge in [0.2, 0.25) is 0 Å². The molecule has 1 fully saturated rings. The third-order valence-corrected chi connectivity index (χ3v) is 5.76. The summed E-state index contributed by atoms with van der Waals surface area (Å²) < 4.78 is 0. The third-order valence-electron chi connectivity index (χ3n) is 5.76. The molecule has 0 N–H and O–H groups in total. The Bertz CT molecular complexity index is 504. The van der Waals surface area contributed by atoms with Gasteiger partial charge in [-0.25, -0.2) is 0 Å². The molecule has 2 unspecified atom stereocenters. The van der Waals surface area contributed by atoms with Crippen LogP contribution in [0, 0.1) is 0 Å². The third kappa shape index (κ3) is 5.23. The SMILES string of the molecule is c1ccc(C2CCCCCCCCC(c3ccccc3)CC2)cc1. The number of rotatable bonds is 2. The molecule has 1 saturated carbocycles. The molecule has 2 atom stereocenters. The Morgan fingerprint density at radius 1 is 0.417 bits per heavy atom. The predicted octanol–water partition coefficient (Wildman–Crippen LogP) is 7.47. The van der Waals surface area contributed by atoms with E-state index in [-0.39, 0.29) is 0 Å². The van der Waals surface area contributed by atoms with E-state index in [4.69, 9.17) is 0 Å². The lowest BCUT2D eigenvalue weighted by Crippen LogP contribution is -2.06. The Morgan fingerprint density at radius 2 is 0.792 bits per heavy atom. The first-order valence-electron chi connectivity index (χ1n) is 10.0. The molecule has 0 spiro atoms. The van der Waals surface area contributed by atoms with Crippen LogP contribution < -0.4 is 0 Å². The van der Waals surface area contributed by atoms with Gasteiger partial charge in [0.25, 0.3) is 0 Å². The molecular formula is C24H32. The molecule has 2 aromatic rings. The van der Waals surface area contributed by atoms with Crippen LogP contribution in [0.25, 0.3) is 0 Å². The van der Waals surface area contributed by atoms with Gasteiger partial charge in [0.05, 0.1) is 0 Å². The van der Waals surface area contributed by atoms with E-state index in [9.17, 15) is 0 Å². The van der Waals surface area contributed by atoms with Crippen LogP contribution in [-0.2, 0) is 0 Å². The number of benzene rings is 2. The van der Waals surface area contributed by atoms with Crippen molar-refractivity contribution in [2.45, 2.75) is 76.0 Å². The quantitative estimate of drug-likeness (QED) is 0.538. The van der Waals surface area contributed by atoms with Crippen LogP contribution in [-0.4, -0.2) is 0 Å². The molecule has 0 radical (unpaired) electrons. The summed E-state index contributed by atoms with van der Waals surface area (Å²) in [5.74, 6) is 1.49. The van der Waals surface area contributed by atoms with E-state index in [0.717, 1.165) is 11.8 Å². The van der Waals surface area contributed by atoms with E-state index in [1.165, 1.54) is 64.2 Å². The van der Waals surface area contributed by atoms with Crippen molar-refractivity contribution in [3.63, 3.8) is 0 Å². The smallest absolute Gasteiger partial charge is 0.0162 e. The maximum Gasteiger partial charge on any atom is -0.0162 e. The van der Waals surface area contributed by atoms with Gasteiger partial charge in [-0.15, -0.1) is 0 Å².